The number of fused-ring (bicyclic) bond motifs is 1. The van der Waals surface area contributed by atoms with Gasteiger partial charge in [0.2, 0.25) is 0 Å². The smallest absolute Gasteiger partial charge is 0.334 e. The molecule has 0 aromatic carbocycles. The van der Waals surface area contributed by atoms with Crippen LogP contribution >= 0.6 is 0 Å². The lowest BCUT2D eigenvalue weighted by atomic mass is 9.46. The third-order valence-electron chi connectivity index (χ3n) is 6.63. The molecule has 4 nitrogen and oxygen atoms in total. The van der Waals surface area contributed by atoms with E-state index in [9.17, 15) is 9.59 Å². The summed E-state index contributed by atoms with van der Waals surface area (Å²) >= 11 is 0. The zero-order valence-electron chi connectivity index (χ0n) is 14.1. The second-order valence-electron chi connectivity index (χ2n) is 8.36. The summed E-state index contributed by atoms with van der Waals surface area (Å²) in [5.41, 5.74) is 0.966. The second-order valence-corrected chi connectivity index (χ2v) is 8.36. The summed E-state index contributed by atoms with van der Waals surface area (Å²) in [7, 11) is 0. The Morgan fingerprint density at radius 1 is 1.17 bits per heavy atom. The Balaban J connectivity index is 1.88. The van der Waals surface area contributed by atoms with Crippen LogP contribution in [0.3, 0.4) is 0 Å². The molecule has 2 fully saturated rings. The largest absolute Gasteiger partial charge is 0.462 e. The van der Waals surface area contributed by atoms with E-state index >= 15 is 0 Å². The van der Waals surface area contributed by atoms with Crippen molar-refractivity contribution in [2.24, 2.45) is 16.7 Å². The fourth-order valence-electron chi connectivity index (χ4n) is 5.68. The molecule has 4 heteroatoms. The van der Waals surface area contributed by atoms with Crippen molar-refractivity contribution >= 4 is 11.9 Å². The molecule has 0 aromatic heterocycles. The lowest BCUT2D eigenvalue weighted by molar-refractivity contribution is -0.163. The van der Waals surface area contributed by atoms with Crippen LogP contribution in [-0.4, -0.2) is 24.1 Å². The molecule has 2 spiro atoms. The third-order valence-corrected chi connectivity index (χ3v) is 6.63. The molecule has 23 heavy (non-hydrogen) atoms. The molecule has 3 atom stereocenters. The van der Waals surface area contributed by atoms with Crippen molar-refractivity contribution in [2.75, 3.05) is 6.61 Å². The third kappa shape index (κ3) is 1.90. The number of ether oxygens (including phenoxy) is 2. The van der Waals surface area contributed by atoms with Crippen LogP contribution in [0.4, 0.5) is 0 Å². The van der Waals surface area contributed by atoms with E-state index in [2.05, 4.69) is 13.8 Å². The van der Waals surface area contributed by atoms with E-state index in [1.165, 1.54) is 6.42 Å². The predicted molar refractivity (Wildman–Crippen MR) is 84.4 cm³/mol. The fraction of sp³-hybridized carbons (Fsp3) is 0.684. The van der Waals surface area contributed by atoms with Gasteiger partial charge in [0.05, 0.1) is 0 Å². The Morgan fingerprint density at radius 2 is 1.96 bits per heavy atom. The zero-order valence-corrected chi connectivity index (χ0v) is 14.1. The zero-order chi connectivity index (χ0) is 16.5. The molecule has 4 aliphatic rings. The molecule has 0 aromatic rings. The Morgan fingerprint density at radius 3 is 2.65 bits per heavy atom. The first kappa shape index (κ1) is 15.0. The number of carbonyl (C=O) groups excluding carboxylic acids is 2. The molecule has 0 saturated heterocycles. The number of hydrogen-bond donors (Lipinski definition) is 0. The lowest BCUT2D eigenvalue weighted by Gasteiger charge is -2.60. The van der Waals surface area contributed by atoms with Gasteiger partial charge >= 0.3 is 11.9 Å². The van der Waals surface area contributed by atoms with E-state index in [1.807, 2.05) is 6.08 Å². The molecule has 2 aliphatic heterocycles. The van der Waals surface area contributed by atoms with Crippen molar-refractivity contribution in [3.8, 4) is 0 Å². The van der Waals surface area contributed by atoms with Gasteiger partial charge in [-0.15, -0.1) is 0 Å². The maximum absolute atomic E-state index is 12.1. The van der Waals surface area contributed by atoms with Crippen LogP contribution in [0.2, 0.25) is 0 Å². The number of esters is 2. The Labute approximate surface area is 136 Å². The molecule has 2 aliphatic carbocycles. The fourth-order valence-corrected chi connectivity index (χ4v) is 5.68. The Kier molecular flexibility index (Phi) is 2.92. The van der Waals surface area contributed by atoms with Gasteiger partial charge in [0.15, 0.2) is 5.60 Å². The van der Waals surface area contributed by atoms with Gasteiger partial charge in [-0.1, -0.05) is 20.3 Å². The molecule has 2 saturated carbocycles. The van der Waals surface area contributed by atoms with Gasteiger partial charge in [0.1, 0.15) is 6.61 Å². The number of cyclic esters (lactones) is 1. The monoisotopic (exact) mass is 316 g/mol. The minimum Gasteiger partial charge on any atom is -0.462 e. The van der Waals surface area contributed by atoms with Crippen molar-refractivity contribution in [3.05, 3.63) is 23.3 Å². The molecule has 0 radical (unpaired) electrons. The van der Waals surface area contributed by atoms with E-state index in [0.717, 1.165) is 31.3 Å². The van der Waals surface area contributed by atoms with E-state index < -0.39 is 5.60 Å². The van der Waals surface area contributed by atoms with Crippen LogP contribution in [-0.2, 0) is 19.1 Å². The summed E-state index contributed by atoms with van der Waals surface area (Å²) in [6.45, 7) is 6.87. The van der Waals surface area contributed by atoms with Crippen molar-refractivity contribution in [1.82, 2.24) is 0 Å². The number of carbonyl (C=O) groups is 2. The van der Waals surface area contributed by atoms with Crippen molar-refractivity contribution < 1.29 is 19.1 Å². The highest BCUT2D eigenvalue weighted by atomic mass is 16.6. The van der Waals surface area contributed by atoms with Crippen LogP contribution in [0.15, 0.2) is 23.3 Å². The first-order chi connectivity index (χ1) is 10.8. The standard InChI is InChI=1S/C19H24O4/c1-12-10-19(23-16(12)21)8-5-13-17(2,3)6-4-7-18(13)11-22-15(20)9-14(18)19/h9-10,13H,4-8,11H2,1-3H3/t13-,18-,19+/m1/s1. The highest BCUT2D eigenvalue weighted by Crippen LogP contribution is 2.64. The van der Waals surface area contributed by atoms with Crippen molar-refractivity contribution in [3.63, 3.8) is 0 Å². The molecule has 0 N–H and O–H groups in total. The molecule has 0 unspecified atom stereocenters. The number of rotatable bonds is 0. The molecule has 124 valence electrons. The van der Waals surface area contributed by atoms with Gasteiger partial charge in [-0.2, -0.15) is 0 Å². The van der Waals surface area contributed by atoms with Crippen molar-refractivity contribution in [2.45, 2.75) is 58.5 Å². The van der Waals surface area contributed by atoms with Crippen LogP contribution in [0.25, 0.3) is 0 Å². The summed E-state index contributed by atoms with van der Waals surface area (Å²) in [6.07, 6.45) is 8.66. The summed E-state index contributed by atoms with van der Waals surface area (Å²) in [4.78, 5) is 24.0. The minimum atomic E-state index is -0.718. The average Bonchev–Trinajstić information content (AvgIpc) is 2.75. The quantitative estimate of drug-likeness (QED) is 0.643. The predicted octanol–water partition coefficient (Wildman–Crippen LogP) is 3.32. The van der Waals surface area contributed by atoms with Crippen LogP contribution in [0.5, 0.6) is 0 Å². The summed E-state index contributed by atoms with van der Waals surface area (Å²) in [5, 5.41) is 0. The van der Waals surface area contributed by atoms with Gasteiger partial charge in [0.25, 0.3) is 0 Å². The second kappa shape index (κ2) is 4.49. The maximum atomic E-state index is 12.1. The lowest BCUT2D eigenvalue weighted by Crippen LogP contribution is -2.58. The molecule has 0 amide bonds. The summed E-state index contributed by atoms with van der Waals surface area (Å²) < 4.78 is 11.3. The van der Waals surface area contributed by atoms with Crippen LogP contribution in [0, 0.1) is 16.7 Å². The SMILES string of the molecule is CC1=C[C@]2(CC[C@@H]3C(C)(C)CCC[C@@]34COC(=O)C=C42)OC1=O. The van der Waals surface area contributed by atoms with Gasteiger partial charge in [0, 0.05) is 17.1 Å². The molecular weight excluding hydrogens is 292 g/mol. The van der Waals surface area contributed by atoms with Crippen LogP contribution in [0.1, 0.15) is 52.9 Å². The number of hydrogen-bond acceptors (Lipinski definition) is 4. The first-order valence-electron chi connectivity index (χ1n) is 8.61. The normalized spacial score (nSPS) is 41.4. The Bertz CT molecular complexity index is 656. The average molecular weight is 316 g/mol. The van der Waals surface area contributed by atoms with Crippen LogP contribution < -0.4 is 0 Å². The van der Waals surface area contributed by atoms with E-state index in [4.69, 9.17) is 9.47 Å². The van der Waals surface area contributed by atoms with Crippen molar-refractivity contribution in [1.29, 1.82) is 0 Å². The van der Waals surface area contributed by atoms with Gasteiger partial charge in [-0.25, -0.2) is 9.59 Å². The first-order valence-corrected chi connectivity index (χ1v) is 8.61. The van der Waals surface area contributed by atoms with Gasteiger partial charge in [-0.3, -0.25) is 0 Å². The molecule has 0 bridgehead atoms. The van der Waals surface area contributed by atoms with E-state index in [-0.39, 0.29) is 22.8 Å². The maximum Gasteiger partial charge on any atom is 0.334 e. The highest BCUT2D eigenvalue weighted by Gasteiger charge is 2.62. The highest BCUT2D eigenvalue weighted by molar-refractivity contribution is 5.93. The summed E-state index contributed by atoms with van der Waals surface area (Å²) in [5.74, 6) is -0.0988. The van der Waals surface area contributed by atoms with Gasteiger partial charge in [-0.05, 0) is 55.6 Å². The van der Waals surface area contributed by atoms with E-state index in [1.54, 1.807) is 13.0 Å². The Hall–Kier alpha value is -1.58. The summed E-state index contributed by atoms with van der Waals surface area (Å²) in [6, 6.07) is 0. The minimum absolute atomic E-state index is 0.171. The molecule has 4 rings (SSSR count). The topological polar surface area (TPSA) is 52.6 Å². The van der Waals surface area contributed by atoms with Gasteiger partial charge < -0.3 is 9.47 Å². The van der Waals surface area contributed by atoms with E-state index in [0.29, 0.717) is 18.1 Å². The molecular formula is C19H24O4. The molecule has 2 heterocycles.